The summed E-state index contributed by atoms with van der Waals surface area (Å²) in [6, 6.07) is 13.0. The van der Waals surface area contributed by atoms with Crippen molar-refractivity contribution in [2.45, 2.75) is 50.6 Å². The Labute approximate surface area is 193 Å². The molecule has 170 valence electrons. The molecule has 6 rings (SSSR count). The lowest BCUT2D eigenvalue weighted by Crippen LogP contribution is -2.46. The topological polar surface area (TPSA) is 87.3 Å². The third-order valence-electron chi connectivity index (χ3n) is 8.21. The van der Waals surface area contributed by atoms with Gasteiger partial charge >= 0.3 is 0 Å². The van der Waals surface area contributed by atoms with Crippen molar-refractivity contribution < 1.29 is 14.4 Å². The second kappa shape index (κ2) is 8.01. The van der Waals surface area contributed by atoms with Gasteiger partial charge in [0.2, 0.25) is 5.91 Å². The lowest BCUT2D eigenvalue weighted by molar-refractivity contribution is -0.127. The van der Waals surface area contributed by atoms with Gasteiger partial charge in [-0.2, -0.15) is 0 Å². The Bertz CT molecular complexity index is 1140. The zero-order valence-electron chi connectivity index (χ0n) is 18.6. The molecule has 5 atom stereocenters. The third kappa shape index (κ3) is 3.62. The van der Waals surface area contributed by atoms with Crippen LogP contribution in [0.4, 0.5) is 0 Å². The molecule has 0 radical (unpaired) electrons. The molecule has 0 aromatic heterocycles. The Morgan fingerprint density at radius 1 is 0.970 bits per heavy atom. The first kappa shape index (κ1) is 20.5. The van der Waals surface area contributed by atoms with Crippen LogP contribution in [0.25, 0.3) is 0 Å². The summed E-state index contributed by atoms with van der Waals surface area (Å²) in [4.78, 5) is 38.4. The van der Waals surface area contributed by atoms with Crippen LogP contribution in [0.2, 0.25) is 0 Å². The molecule has 33 heavy (non-hydrogen) atoms. The summed E-state index contributed by atoms with van der Waals surface area (Å²) in [6.45, 7) is 0.589. The summed E-state index contributed by atoms with van der Waals surface area (Å²) < 4.78 is 0. The second-order valence-corrected chi connectivity index (χ2v) is 10.1. The van der Waals surface area contributed by atoms with Gasteiger partial charge in [-0.3, -0.25) is 14.4 Å². The van der Waals surface area contributed by atoms with Crippen LogP contribution in [0.15, 0.2) is 42.5 Å². The Balaban J connectivity index is 1.21. The molecule has 3 unspecified atom stereocenters. The highest BCUT2D eigenvalue weighted by Gasteiger charge is 2.44. The number of benzene rings is 2. The van der Waals surface area contributed by atoms with E-state index < -0.39 is 0 Å². The van der Waals surface area contributed by atoms with Gasteiger partial charge in [0.15, 0.2) is 0 Å². The van der Waals surface area contributed by atoms with E-state index in [1.54, 1.807) is 12.1 Å². The minimum absolute atomic E-state index is 0.0853. The van der Waals surface area contributed by atoms with E-state index >= 15 is 0 Å². The fourth-order valence-electron chi connectivity index (χ4n) is 6.55. The number of nitrogens with one attached hydrogen (secondary N) is 3. The van der Waals surface area contributed by atoms with Crippen molar-refractivity contribution in [3.63, 3.8) is 0 Å². The summed E-state index contributed by atoms with van der Waals surface area (Å²) in [7, 11) is 0. The van der Waals surface area contributed by atoms with E-state index in [4.69, 9.17) is 0 Å². The van der Waals surface area contributed by atoms with Gasteiger partial charge < -0.3 is 16.0 Å². The number of rotatable bonds is 4. The van der Waals surface area contributed by atoms with E-state index in [0.29, 0.717) is 35.9 Å². The molecule has 1 aliphatic heterocycles. The average molecular weight is 444 g/mol. The van der Waals surface area contributed by atoms with E-state index in [1.165, 1.54) is 24.8 Å². The third-order valence-corrected chi connectivity index (χ3v) is 8.21. The highest BCUT2D eigenvalue weighted by molar-refractivity contribution is 6.00. The van der Waals surface area contributed by atoms with E-state index in [1.807, 2.05) is 18.2 Å². The SMILES string of the molecule is O=C(N[C@@H]1Cc2ccccc2[C@H]1NC(=O)C1CC2CCC1C2)c1ccc2c(c1)CCNC2=O. The smallest absolute Gasteiger partial charge is 0.251 e. The molecule has 6 heteroatoms. The predicted octanol–water partition coefficient (Wildman–Crippen LogP) is 2.92. The summed E-state index contributed by atoms with van der Waals surface area (Å²) in [5.41, 5.74) is 4.37. The molecule has 1 heterocycles. The van der Waals surface area contributed by atoms with Crippen molar-refractivity contribution in [1.82, 2.24) is 16.0 Å². The maximum Gasteiger partial charge on any atom is 0.251 e. The van der Waals surface area contributed by atoms with Crippen LogP contribution in [0.3, 0.4) is 0 Å². The molecule has 2 saturated carbocycles. The molecular weight excluding hydrogens is 414 g/mol. The molecule has 2 bridgehead atoms. The van der Waals surface area contributed by atoms with Crippen molar-refractivity contribution in [3.05, 3.63) is 70.3 Å². The van der Waals surface area contributed by atoms with E-state index in [9.17, 15) is 14.4 Å². The van der Waals surface area contributed by atoms with Crippen LogP contribution in [0.5, 0.6) is 0 Å². The van der Waals surface area contributed by atoms with E-state index in [2.05, 4.69) is 28.1 Å². The van der Waals surface area contributed by atoms with Crippen molar-refractivity contribution in [3.8, 4) is 0 Å². The first-order chi connectivity index (χ1) is 16.1. The number of hydrogen-bond acceptors (Lipinski definition) is 3. The number of hydrogen-bond donors (Lipinski definition) is 3. The Morgan fingerprint density at radius 3 is 2.67 bits per heavy atom. The lowest BCUT2D eigenvalue weighted by atomic mass is 9.87. The Morgan fingerprint density at radius 2 is 1.85 bits per heavy atom. The molecule has 4 aliphatic rings. The van der Waals surface area contributed by atoms with Gasteiger partial charge in [-0.15, -0.1) is 0 Å². The number of carbonyl (C=O) groups excluding carboxylic acids is 3. The van der Waals surface area contributed by atoms with Crippen LogP contribution in [0.1, 0.15) is 69.1 Å². The van der Waals surface area contributed by atoms with Gasteiger partial charge in [0.25, 0.3) is 11.8 Å². The highest BCUT2D eigenvalue weighted by Crippen LogP contribution is 2.48. The van der Waals surface area contributed by atoms with E-state index in [-0.39, 0.29) is 35.7 Å². The fourth-order valence-corrected chi connectivity index (χ4v) is 6.55. The zero-order chi connectivity index (χ0) is 22.5. The van der Waals surface area contributed by atoms with Crippen LogP contribution < -0.4 is 16.0 Å². The molecule has 3 N–H and O–H groups in total. The molecular formula is C27H29N3O3. The lowest BCUT2D eigenvalue weighted by Gasteiger charge is -2.27. The standard InChI is InChI=1S/C27H29N3O3/c31-25(19-7-8-21-18(13-19)9-10-28-26(21)32)29-23-14-16-3-1-2-4-20(16)24(23)30-27(33)22-12-15-5-6-17(22)11-15/h1-4,7-8,13,15,17,22-24H,5-6,9-12,14H2,(H,28,32)(H,29,31)(H,30,33)/t15?,17?,22?,23-,24-/m1/s1. The van der Waals surface area contributed by atoms with Gasteiger partial charge in [0, 0.05) is 23.6 Å². The maximum atomic E-state index is 13.2. The maximum absolute atomic E-state index is 13.2. The minimum Gasteiger partial charge on any atom is -0.352 e. The molecule has 2 fully saturated rings. The highest BCUT2D eigenvalue weighted by atomic mass is 16.2. The first-order valence-corrected chi connectivity index (χ1v) is 12.2. The average Bonchev–Trinajstić information content (AvgIpc) is 3.54. The van der Waals surface area contributed by atoms with Gasteiger partial charge in [-0.05, 0) is 78.8 Å². The van der Waals surface area contributed by atoms with Crippen LogP contribution in [-0.4, -0.2) is 30.3 Å². The summed E-state index contributed by atoms with van der Waals surface area (Å²) in [5.74, 6) is 1.23. The van der Waals surface area contributed by atoms with Crippen LogP contribution in [0, 0.1) is 17.8 Å². The van der Waals surface area contributed by atoms with E-state index in [0.717, 1.165) is 24.0 Å². The van der Waals surface area contributed by atoms with Crippen molar-refractivity contribution in [2.24, 2.45) is 17.8 Å². The molecule has 3 amide bonds. The van der Waals surface area contributed by atoms with Crippen LogP contribution in [-0.2, 0) is 17.6 Å². The molecule has 2 aromatic rings. The number of amides is 3. The van der Waals surface area contributed by atoms with Crippen molar-refractivity contribution >= 4 is 17.7 Å². The monoisotopic (exact) mass is 443 g/mol. The summed E-state index contributed by atoms with van der Waals surface area (Å²) >= 11 is 0. The largest absolute Gasteiger partial charge is 0.352 e. The fraction of sp³-hybridized carbons (Fsp3) is 0.444. The molecule has 3 aliphatic carbocycles. The molecule has 6 nitrogen and oxygen atoms in total. The zero-order valence-corrected chi connectivity index (χ0v) is 18.6. The molecule has 0 saturated heterocycles. The molecule has 0 spiro atoms. The quantitative estimate of drug-likeness (QED) is 0.679. The predicted molar refractivity (Wildman–Crippen MR) is 124 cm³/mol. The Kier molecular flexibility index (Phi) is 4.97. The Hall–Kier alpha value is -3.15. The second-order valence-electron chi connectivity index (χ2n) is 10.1. The first-order valence-electron chi connectivity index (χ1n) is 12.2. The number of carbonyl (C=O) groups is 3. The molecule has 2 aromatic carbocycles. The van der Waals surface area contributed by atoms with Crippen LogP contribution >= 0.6 is 0 Å². The summed E-state index contributed by atoms with van der Waals surface area (Å²) in [5, 5.41) is 9.34. The number of fused-ring (bicyclic) bond motifs is 4. The van der Waals surface area contributed by atoms with Gasteiger partial charge in [0.1, 0.15) is 0 Å². The summed E-state index contributed by atoms with van der Waals surface area (Å²) in [6.07, 6.45) is 6.04. The minimum atomic E-state index is -0.222. The van der Waals surface area contributed by atoms with Gasteiger partial charge in [-0.1, -0.05) is 30.7 Å². The van der Waals surface area contributed by atoms with Crippen molar-refractivity contribution in [1.29, 1.82) is 0 Å². The van der Waals surface area contributed by atoms with Crippen molar-refractivity contribution in [2.75, 3.05) is 6.54 Å². The van der Waals surface area contributed by atoms with Gasteiger partial charge in [0.05, 0.1) is 12.1 Å². The van der Waals surface area contributed by atoms with Gasteiger partial charge in [-0.25, -0.2) is 0 Å². The normalized spacial score (nSPS) is 29.2.